The predicted molar refractivity (Wildman–Crippen MR) is 77.7 cm³/mol. The summed E-state index contributed by atoms with van der Waals surface area (Å²) in [5, 5.41) is 9.18. The van der Waals surface area contributed by atoms with E-state index >= 15 is 0 Å². The normalized spacial score (nSPS) is 22.3. The topological polar surface area (TPSA) is 66.8 Å². The first-order valence-electron chi connectivity index (χ1n) is 7.36. The number of halogens is 1. The second kappa shape index (κ2) is 6.87. The van der Waals surface area contributed by atoms with Gasteiger partial charge in [0.15, 0.2) is 0 Å². The van der Waals surface area contributed by atoms with Crippen LogP contribution in [-0.2, 0) is 14.3 Å². The maximum absolute atomic E-state index is 13.0. The molecule has 0 radical (unpaired) electrons. The molecule has 120 valence electrons. The van der Waals surface area contributed by atoms with Crippen LogP contribution in [0.3, 0.4) is 0 Å². The Morgan fingerprint density at radius 1 is 1.41 bits per heavy atom. The summed E-state index contributed by atoms with van der Waals surface area (Å²) in [7, 11) is 0. The molecule has 3 unspecified atom stereocenters. The number of ether oxygens (including phenoxy) is 1. The highest BCUT2D eigenvalue weighted by Crippen LogP contribution is 2.27. The Hall–Kier alpha value is -1.95. The highest BCUT2D eigenvalue weighted by atomic mass is 19.1. The Labute approximate surface area is 128 Å². The number of carboxylic acids is 1. The van der Waals surface area contributed by atoms with Crippen molar-refractivity contribution < 1.29 is 23.8 Å². The number of amides is 1. The number of rotatable bonds is 5. The van der Waals surface area contributed by atoms with E-state index in [1.54, 1.807) is 17.0 Å². The monoisotopic (exact) mass is 309 g/mol. The van der Waals surface area contributed by atoms with Crippen LogP contribution in [0.1, 0.15) is 31.9 Å². The number of carboxylic acid groups (broad SMARTS) is 1. The lowest BCUT2D eigenvalue weighted by atomic mass is 9.99. The van der Waals surface area contributed by atoms with E-state index in [0.717, 1.165) is 5.56 Å². The zero-order valence-corrected chi connectivity index (χ0v) is 12.7. The number of carbonyl (C=O) groups is 2. The van der Waals surface area contributed by atoms with Crippen LogP contribution in [0.5, 0.6) is 0 Å². The molecule has 1 aromatic rings. The number of likely N-dealkylation sites (N-methyl/N-ethyl adjacent to an activating group) is 1. The van der Waals surface area contributed by atoms with Crippen molar-refractivity contribution in [3.63, 3.8) is 0 Å². The molecule has 1 N–H and O–H groups in total. The molecule has 5 nitrogen and oxygen atoms in total. The minimum Gasteiger partial charge on any atom is -0.481 e. The minimum absolute atomic E-state index is 0.274. The first kappa shape index (κ1) is 16.4. The number of hydrogen-bond donors (Lipinski definition) is 1. The van der Waals surface area contributed by atoms with E-state index in [1.165, 1.54) is 12.1 Å². The SMILES string of the molecule is CCN(C(=O)C1OCCC1C(=O)O)C(C)c1ccc(F)cc1. The molecule has 1 fully saturated rings. The maximum atomic E-state index is 13.0. The van der Waals surface area contributed by atoms with Gasteiger partial charge in [-0.05, 0) is 38.0 Å². The molecule has 1 aliphatic rings. The summed E-state index contributed by atoms with van der Waals surface area (Å²) in [5.41, 5.74) is 0.793. The molecular formula is C16H20FNO4. The van der Waals surface area contributed by atoms with Crippen LogP contribution in [0.4, 0.5) is 4.39 Å². The minimum atomic E-state index is -1.01. The van der Waals surface area contributed by atoms with Gasteiger partial charge in [-0.3, -0.25) is 9.59 Å². The van der Waals surface area contributed by atoms with Crippen LogP contribution in [-0.4, -0.2) is 41.1 Å². The molecule has 22 heavy (non-hydrogen) atoms. The Balaban J connectivity index is 2.18. The zero-order valence-electron chi connectivity index (χ0n) is 12.7. The predicted octanol–water partition coefficient (Wildman–Crippen LogP) is 2.22. The highest BCUT2D eigenvalue weighted by Gasteiger charge is 2.41. The summed E-state index contributed by atoms with van der Waals surface area (Å²) < 4.78 is 18.4. The molecule has 0 bridgehead atoms. The van der Waals surface area contributed by atoms with E-state index in [2.05, 4.69) is 0 Å². The van der Waals surface area contributed by atoms with Gasteiger partial charge < -0.3 is 14.7 Å². The highest BCUT2D eigenvalue weighted by molar-refractivity contribution is 5.87. The number of nitrogens with zero attached hydrogens (tertiary/aromatic N) is 1. The molecule has 1 aliphatic heterocycles. The van der Waals surface area contributed by atoms with E-state index in [0.29, 0.717) is 13.0 Å². The third-order valence-electron chi connectivity index (χ3n) is 4.10. The van der Waals surface area contributed by atoms with Gasteiger partial charge in [0.05, 0.1) is 12.0 Å². The fraction of sp³-hybridized carbons (Fsp3) is 0.500. The number of benzene rings is 1. The second-order valence-corrected chi connectivity index (χ2v) is 5.38. The van der Waals surface area contributed by atoms with Gasteiger partial charge in [-0.2, -0.15) is 0 Å². The van der Waals surface area contributed by atoms with Gasteiger partial charge in [-0.1, -0.05) is 12.1 Å². The van der Waals surface area contributed by atoms with Crippen LogP contribution in [0.15, 0.2) is 24.3 Å². The van der Waals surface area contributed by atoms with Gasteiger partial charge >= 0.3 is 5.97 Å². The van der Waals surface area contributed by atoms with Crippen molar-refractivity contribution in [1.29, 1.82) is 0 Å². The van der Waals surface area contributed by atoms with Crippen LogP contribution in [0, 0.1) is 11.7 Å². The number of hydrogen-bond acceptors (Lipinski definition) is 3. The quantitative estimate of drug-likeness (QED) is 0.905. The van der Waals surface area contributed by atoms with Crippen LogP contribution in [0.2, 0.25) is 0 Å². The Morgan fingerprint density at radius 3 is 2.59 bits per heavy atom. The molecule has 1 saturated heterocycles. The van der Waals surface area contributed by atoms with Gasteiger partial charge in [0.2, 0.25) is 0 Å². The third-order valence-corrected chi connectivity index (χ3v) is 4.10. The first-order valence-corrected chi connectivity index (χ1v) is 7.36. The van der Waals surface area contributed by atoms with E-state index in [1.807, 2.05) is 13.8 Å². The largest absolute Gasteiger partial charge is 0.481 e. The molecule has 1 amide bonds. The molecule has 0 aromatic heterocycles. The van der Waals surface area contributed by atoms with Crippen molar-refractivity contribution in [2.24, 2.45) is 5.92 Å². The summed E-state index contributed by atoms with van der Waals surface area (Å²) in [6, 6.07) is 5.66. The van der Waals surface area contributed by atoms with Gasteiger partial charge in [-0.15, -0.1) is 0 Å². The third kappa shape index (κ3) is 3.27. The molecule has 3 atom stereocenters. The summed E-state index contributed by atoms with van der Waals surface area (Å²) >= 11 is 0. The van der Waals surface area contributed by atoms with Gasteiger partial charge in [0.25, 0.3) is 5.91 Å². The van der Waals surface area contributed by atoms with Crippen molar-refractivity contribution in [1.82, 2.24) is 4.90 Å². The van der Waals surface area contributed by atoms with Crippen molar-refractivity contribution in [3.8, 4) is 0 Å². The lowest BCUT2D eigenvalue weighted by Crippen LogP contribution is -2.44. The van der Waals surface area contributed by atoms with Gasteiger partial charge in [-0.25, -0.2) is 4.39 Å². The Morgan fingerprint density at radius 2 is 2.05 bits per heavy atom. The smallest absolute Gasteiger partial charge is 0.309 e. The molecule has 0 aliphatic carbocycles. The maximum Gasteiger partial charge on any atom is 0.309 e. The average Bonchev–Trinajstić information content (AvgIpc) is 2.98. The van der Waals surface area contributed by atoms with Crippen LogP contribution < -0.4 is 0 Å². The standard InChI is InChI=1S/C16H20FNO4/c1-3-18(10(2)11-4-6-12(17)7-5-11)15(19)14-13(16(20)21)8-9-22-14/h4-7,10,13-14H,3,8-9H2,1-2H3,(H,20,21). The second-order valence-electron chi connectivity index (χ2n) is 5.38. The summed E-state index contributed by atoms with van der Waals surface area (Å²) in [6.07, 6.45) is -0.603. The van der Waals surface area contributed by atoms with E-state index in [9.17, 15) is 19.1 Å². The number of carbonyl (C=O) groups excluding carboxylic acids is 1. The Kier molecular flexibility index (Phi) is 5.13. The van der Waals surface area contributed by atoms with Crippen molar-refractivity contribution in [2.45, 2.75) is 32.4 Å². The molecule has 1 aromatic carbocycles. The lowest BCUT2D eigenvalue weighted by Gasteiger charge is -2.31. The van der Waals surface area contributed by atoms with Crippen LogP contribution >= 0.6 is 0 Å². The fourth-order valence-electron chi connectivity index (χ4n) is 2.79. The molecular weight excluding hydrogens is 289 g/mol. The lowest BCUT2D eigenvalue weighted by molar-refractivity contribution is -0.153. The first-order chi connectivity index (χ1) is 10.5. The van der Waals surface area contributed by atoms with Gasteiger partial charge in [0, 0.05) is 13.2 Å². The number of aliphatic carboxylic acids is 1. The fourth-order valence-corrected chi connectivity index (χ4v) is 2.79. The van der Waals surface area contributed by atoms with Gasteiger partial charge in [0.1, 0.15) is 11.9 Å². The average molecular weight is 309 g/mol. The van der Waals surface area contributed by atoms with Crippen LogP contribution in [0.25, 0.3) is 0 Å². The molecule has 2 rings (SSSR count). The van der Waals surface area contributed by atoms with Crippen molar-refractivity contribution in [2.75, 3.05) is 13.2 Å². The summed E-state index contributed by atoms with van der Waals surface area (Å²) in [5.74, 6) is -2.48. The Bertz CT molecular complexity index is 546. The molecule has 6 heteroatoms. The summed E-state index contributed by atoms with van der Waals surface area (Å²) in [4.78, 5) is 25.4. The van der Waals surface area contributed by atoms with E-state index in [4.69, 9.17) is 4.74 Å². The molecule has 1 heterocycles. The zero-order chi connectivity index (χ0) is 16.3. The van der Waals surface area contributed by atoms with Crippen molar-refractivity contribution in [3.05, 3.63) is 35.6 Å². The molecule has 0 saturated carbocycles. The molecule has 0 spiro atoms. The van der Waals surface area contributed by atoms with E-state index in [-0.39, 0.29) is 24.4 Å². The summed E-state index contributed by atoms with van der Waals surface area (Å²) in [6.45, 7) is 4.35. The van der Waals surface area contributed by atoms with E-state index < -0.39 is 18.0 Å². The van der Waals surface area contributed by atoms with Crippen molar-refractivity contribution >= 4 is 11.9 Å².